The molecule has 3 rings (SSSR count). The Kier molecular flexibility index (Phi) is 5.32. The van der Waals surface area contributed by atoms with Gasteiger partial charge in [-0.2, -0.15) is 0 Å². The molecule has 2 aromatic rings. The van der Waals surface area contributed by atoms with Crippen molar-refractivity contribution in [3.05, 3.63) is 29.3 Å². The minimum absolute atomic E-state index is 0.146. The van der Waals surface area contributed by atoms with Crippen molar-refractivity contribution in [1.82, 2.24) is 9.88 Å². The fourth-order valence-electron chi connectivity index (χ4n) is 3.41. The normalized spacial score (nSPS) is 20.4. The molecule has 2 N–H and O–H groups in total. The zero-order valence-corrected chi connectivity index (χ0v) is 16.2. The maximum absolute atomic E-state index is 6.24. The Bertz CT molecular complexity index is 729. The molecule has 0 aliphatic carbocycles. The van der Waals surface area contributed by atoms with Gasteiger partial charge in [0.15, 0.2) is 11.5 Å². The smallest absolute Gasteiger partial charge is 0.170 e. The number of thiazole rings is 1. The number of ether oxygens (including phenoxy) is 2. The predicted octanol–water partition coefficient (Wildman–Crippen LogP) is 3.39. The Hall–Kier alpha value is -1.63. The van der Waals surface area contributed by atoms with Gasteiger partial charge >= 0.3 is 0 Å². The van der Waals surface area contributed by atoms with E-state index >= 15 is 0 Å². The molecule has 1 saturated heterocycles. The Labute approximate surface area is 153 Å². The molecular weight excluding hydrogens is 334 g/mol. The van der Waals surface area contributed by atoms with Crippen molar-refractivity contribution in [2.75, 3.05) is 27.3 Å². The largest absolute Gasteiger partial charge is 0.493 e. The van der Waals surface area contributed by atoms with E-state index in [1.54, 1.807) is 25.6 Å². The van der Waals surface area contributed by atoms with Crippen LogP contribution in [0.5, 0.6) is 11.5 Å². The summed E-state index contributed by atoms with van der Waals surface area (Å²) in [5.41, 5.74) is 8.45. The third kappa shape index (κ3) is 3.81. The second-order valence-electron chi connectivity index (χ2n) is 7.28. The lowest BCUT2D eigenvalue weighted by Crippen LogP contribution is -2.52. The number of nitrogens with two attached hydrogens (primary N) is 1. The number of aromatic nitrogens is 1. The monoisotopic (exact) mass is 361 g/mol. The molecule has 136 valence electrons. The minimum Gasteiger partial charge on any atom is -0.493 e. The molecule has 5 nitrogen and oxygen atoms in total. The number of piperidine rings is 1. The molecule has 1 aliphatic heterocycles. The highest BCUT2D eigenvalue weighted by molar-refractivity contribution is 7.13. The summed E-state index contributed by atoms with van der Waals surface area (Å²) in [5.74, 6) is 1.46. The Morgan fingerprint density at radius 2 is 2.12 bits per heavy atom. The molecule has 1 unspecified atom stereocenters. The standard InChI is InChI=1S/C19H27N3O2S/c1-19(2)12-22(9-8-16(19)20)10-13-11-25-18(21-13)14-6-5-7-15(23-3)17(14)24-4/h5-7,11,16H,8-10,12,20H2,1-4H3. The van der Waals surface area contributed by atoms with E-state index in [2.05, 4.69) is 24.1 Å². The molecule has 1 fully saturated rings. The van der Waals surface area contributed by atoms with E-state index in [0.717, 1.165) is 53.8 Å². The van der Waals surface area contributed by atoms with Gasteiger partial charge in [0.2, 0.25) is 0 Å². The van der Waals surface area contributed by atoms with Crippen molar-refractivity contribution in [2.24, 2.45) is 11.1 Å². The Balaban J connectivity index is 1.78. The van der Waals surface area contributed by atoms with Crippen LogP contribution in [0.1, 0.15) is 26.0 Å². The summed E-state index contributed by atoms with van der Waals surface area (Å²) >= 11 is 1.64. The predicted molar refractivity (Wildman–Crippen MR) is 102 cm³/mol. The number of methoxy groups -OCH3 is 2. The first-order valence-electron chi connectivity index (χ1n) is 8.58. The van der Waals surface area contributed by atoms with Crippen LogP contribution in [0.3, 0.4) is 0 Å². The van der Waals surface area contributed by atoms with Gasteiger partial charge in [-0.15, -0.1) is 11.3 Å². The zero-order valence-electron chi connectivity index (χ0n) is 15.4. The Morgan fingerprint density at radius 3 is 2.80 bits per heavy atom. The SMILES string of the molecule is COc1cccc(-c2nc(CN3CCC(N)C(C)(C)C3)cs2)c1OC. The van der Waals surface area contributed by atoms with Gasteiger partial charge in [-0.05, 0) is 24.0 Å². The van der Waals surface area contributed by atoms with E-state index in [1.165, 1.54) is 0 Å². The zero-order chi connectivity index (χ0) is 18.0. The highest BCUT2D eigenvalue weighted by Crippen LogP contribution is 2.39. The number of nitrogens with zero attached hydrogens (tertiary/aromatic N) is 2. The van der Waals surface area contributed by atoms with Crippen molar-refractivity contribution in [3.63, 3.8) is 0 Å². The summed E-state index contributed by atoms with van der Waals surface area (Å²) < 4.78 is 10.9. The fourth-order valence-corrected chi connectivity index (χ4v) is 4.24. The first-order chi connectivity index (χ1) is 11.9. The molecule has 1 aromatic heterocycles. The molecule has 2 heterocycles. The summed E-state index contributed by atoms with van der Waals surface area (Å²) in [4.78, 5) is 7.28. The number of hydrogen-bond donors (Lipinski definition) is 1. The first-order valence-corrected chi connectivity index (χ1v) is 9.46. The van der Waals surface area contributed by atoms with E-state index in [0.29, 0.717) is 0 Å². The van der Waals surface area contributed by atoms with Crippen molar-refractivity contribution in [1.29, 1.82) is 0 Å². The van der Waals surface area contributed by atoms with E-state index in [9.17, 15) is 0 Å². The molecule has 0 spiro atoms. The minimum atomic E-state index is 0.146. The van der Waals surface area contributed by atoms with Gasteiger partial charge in [0, 0.05) is 31.1 Å². The number of hydrogen-bond acceptors (Lipinski definition) is 6. The lowest BCUT2D eigenvalue weighted by molar-refractivity contribution is 0.0891. The van der Waals surface area contributed by atoms with Gasteiger partial charge < -0.3 is 15.2 Å². The third-order valence-electron chi connectivity index (χ3n) is 4.96. The van der Waals surface area contributed by atoms with Gasteiger partial charge in [0.1, 0.15) is 5.01 Å². The van der Waals surface area contributed by atoms with E-state index in [4.69, 9.17) is 20.2 Å². The number of para-hydroxylation sites is 1. The number of likely N-dealkylation sites (tertiary alicyclic amines) is 1. The van der Waals surface area contributed by atoms with Crippen LogP contribution in [0.2, 0.25) is 0 Å². The van der Waals surface area contributed by atoms with Gasteiger partial charge in [-0.1, -0.05) is 19.9 Å². The Morgan fingerprint density at radius 1 is 1.32 bits per heavy atom. The van der Waals surface area contributed by atoms with Crippen molar-refractivity contribution >= 4 is 11.3 Å². The van der Waals surface area contributed by atoms with Crippen LogP contribution in [0, 0.1) is 5.41 Å². The van der Waals surface area contributed by atoms with E-state index in [1.807, 2.05) is 18.2 Å². The molecule has 0 saturated carbocycles. The van der Waals surface area contributed by atoms with Crippen LogP contribution in [0.4, 0.5) is 0 Å². The summed E-state index contributed by atoms with van der Waals surface area (Å²) in [7, 11) is 3.31. The summed E-state index contributed by atoms with van der Waals surface area (Å²) in [6.45, 7) is 7.39. The van der Waals surface area contributed by atoms with Crippen LogP contribution < -0.4 is 15.2 Å². The average Bonchev–Trinajstić information content (AvgIpc) is 3.05. The van der Waals surface area contributed by atoms with Gasteiger partial charge in [0.05, 0.1) is 25.5 Å². The maximum atomic E-state index is 6.24. The number of rotatable bonds is 5. The molecule has 1 aromatic carbocycles. The average molecular weight is 362 g/mol. The molecule has 0 amide bonds. The molecule has 6 heteroatoms. The second kappa shape index (κ2) is 7.32. The van der Waals surface area contributed by atoms with Gasteiger partial charge in [-0.3, -0.25) is 4.90 Å². The van der Waals surface area contributed by atoms with Crippen molar-refractivity contribution < 1.29 is 9.47 Å². The maximum Gasteiger partial charge on any atom is 0.170 e. The van der Waals surface area contributed by atoms with E-state index < -0.39 is 0 Å². The van der Waals surface area contributed by atoms with Crippen LogP contribution in [0.15, 0.2) is 23.6 Å². The van der Waals surface area contributed by atoms with Gasteiger partial charge in [-0.25, -0.2) is 4.98 Å². The second-order valence-corrected chi connectivity index (χ2v) is 8.14. The van der Waals surface area contributed by atoms with Gasteiger partial charge in [0.25, 0.3) is 0 Å². The van der Waals surface area contributed by atoms with Crippen molar-refractivity contribution in [3.8, 4) is 22.1 Å². The summed E-state index contributed by atoms with van der Waals surface area (Å²) in [5, 5.41) is 3.09. The van der Waals surface area contributed by atoms with Crippen LogP contribution in [-0.2, 0) is 6.54 Å². The highest BCUT2D eigenvalue weighted by Gasteiger charge is 2.33. The third-order valence-corrected chi connectivity index (χ3v) is 5.89. The molecular formula is C19H27N3O2S. The molecule has 0 bridgehead atoms. The lowest BCUT2D eigenvalue weighted by atomic mass is 9.80. The molecule has 25 heavy (non-hydrogen) atoms. The summed E-state index contributed by atoms with van der Waals surface area (Å²) in [6.07, 6.45) is 1.04. The lowest BCUT2D eigenvalue weighted by Gasteiger charge is -2.42. The topological polar surface area (TPSA) is 60.6 Å². The van der Waals surface area contributed by atoms with Crippen LogP contribution in [0.25, 0.3) is 10.6 Å². The summed E-state index contributed by atoms with van der Waals surface area (Å²) in [6, 6.07) is 6.16. The van der Waals surface area contributed by atoms with Crippen LogP contribution in [-0.4, -0.2) is 43.2 Å². The molecule has 1 aliphatic rings. The van der Waals surface area contributed by atoms with Crippen LogP contribution >= 0.6 is 11.3 Å². The molecule has 1 atom stereocenters. The van der Waals surface area contributed by atoms with Crippen molar-refractivity contribution in [2.45, 2.75) is 32.9 Å². The fraction of sp³-hybridized carbons (Fsp3) is 0.526. The quantitative estimate of drug-likeness (QED) is 0.884. The van der Waals surface area contributed by atoms with E-state index in [-0.39, 0.29) is 11.5 Å². The number of benzene rings is 1. The highest BCUT2D eigenvalue weighted by atomic mass is 32.1. The first kappa shape index (κ1) is 18.2. The molecule has 0 radical (unpaired) electrons.